The molecule has 0 aromatic carbocycles. The Balaban J connectivity index is 2.85. The van der Waals surface area contributed by atoms with E-state index in [1.165, 1.54) is 0 Å². The summed E-state index contributed by atoms with van der Waals surface area (Å²) in [7, 11) is -3.94. The molecule has 0 aliphatic carbocycles. The van der Waals surface area contributed by atoms with E-state index in [0.29, 0.717) is 12.8 Å². The number of rotatable bonds is 7. The zero-order valence-corrected chi connectivity index (χ0v) is 12.3. The summed E-state index contributed by atoms with van der Waals surface area (Å²) >= 11 is 0. The van der Waals surface area contributed by atoms with E-state index in [1.54, 1.807) is 6.92 Å². The highest BCUT2D eigenvalue weighted by Gasteiger charge is 2.38. The van der Waals surface area contributed by atoms with Gasteiger partial charge in [0.25, 0.3) is 10.2 Å². The average Bonchev–Trinajstić information content (AvgIpc) is 2.45. The van der Waals surface area contributed by atoms with Crippen LogP contribution in [0, 0.1) is 5.92 Å². The summed E-state index contributed by atoms with van der Waals surface area (Å²) in [6, 6.07) is 0. The van der Waals surface area contributed by atoms with Gasteiger partial charge in [-0.3, -0.25) is 4.79 Å². The first-order valence-electron chi connectivity index (χ1n) is 6.54. The number of aliphatic hydroxyl groups excluding tert-OH is 2. The minimum atomic E-state index is -3.94. The third kappa shape index (κ3) is 3.89. The maximum Gasteiger partial charge on any atom is 0.307 e. The second-order valence-corrected chi connectivity index (χ2v) is 6.76. The number of carbonyl (C=O) groups is 1. The van der Waals surface area contributed by atoms with Gasteiger partial charge in [0.05, 0.1) is 24.7 Å². The normalized spacial score (nSPS) is 21.9. The number of carboxylic acid groups (broad SMARTS) is 1. The second-order valence-electron chi connectivity index (χ2n) is 5.09. The zero-order chi connectivity index (χ0) is 15.4. The summed E-state index contributed by atoms with van der Waals surface area (Å²) in [5, 5.41) is 27.5. The fourth-order valence-corrected chi connectivity index (χ4v) is 3.81. The van der Waals surface area contributed by atoms with E-state index >= 15 is 0 Å². The quantitative estimate of drug-likeness (QED) is 0.465. The van der Waals surface area contributed by atoms with Crippen LogP contribution in [0.5, 0.6) is 0 Å². The number of nitrogens with one attached hydrogen (secondary N) is 1. The number of piperidine rings is 1. The van der Waals surface area contributed by atoms with Crippen molar-refractivity contribution in [3.8, 4) is 0 Å². The number of aliphatic hydroxyl groups is 2. The monoisotopic (exact) mass is 310 g/mol. The lowest BCUT2D eigenvalue weighted by atomic mass is 10.0. The van der Waals surface area contributed by atoms with Crippen molar-refractivity contribution in [2.45, 2.75) is 31.7 Å². The smallest absolute Gasteiger partial charge is 0.307 e. The molecule has 1 heterocycles. The van der Waals surface area contributed by atoms with E-state index in [2.05, 4.69) is 4.72 Å². The number of carboxylic acids is 1. The molecule has 0 saturated carbocycles. The summed E-state index contributed by atoms with van der Waals surface area (Å²) in [6.45, 7) is 0.715. The molecule has 4 N–H and O–H groups in total. The van der Waals surface area contributed by atoms with Gasteiger partial charge in [0.15, 0.2) is 0 Å². The van der Waals surface area contributed by atoms with Crippen LogP contribution in [0.1, 0.15) is 26.2 Å². The Bertz CT molecular complexity index is 426. The molecular formula is C11H22N2O6S. The highest BCUT2D eigenvalue weighted by atomic mass is 32.2. The van der Waals surface area contributed by atoms with Gasteiger partial charge in [-0.05, 0) is 19.3 Å². The van der Waals surface area contributed by atoms with Crippen LogP contribution in [0.2, 0.25) is 0 Å². The molecule has 1 aliphatic heterocycles. The Hall–Kier alpha value is -0.740. The molecule has 118 valence electrons. The summed E-state index contributed by atoms with van der Waals surface area (Å²) in [5.41, 5.74) is -1.32. The van der Waals surface area contributed by atoms with Crippen LogP contribution >= 0.6 is 0 Å². The fourth-order valence-electron chi connectivity index (χ4n) is 2.11. The molecule has 0 aromatic rings. The van der Waals surface area contributed by atoms with Crippen LogP contribution in [0.15, 0.2) is 0 Å². The first kappa shape index (κ1) is 17.3. The van der Waals surface area contributed by atoms with Crippen LogP contribution in [-0.4, -0.2) is 65.9 Å². The molecule has 1 aliphatic rings. The van der Waals surface area contributed by atoms with Gasteiger partial charge in [-0.1, -0.05) is 6.92 Å². The van der Waals surface area contributed by atoms with Crippen molar-refractivity contribution < 1.29 is 28.5 Å². The number of hydrogen-bond acceptors (Lipinski definition) is 5. The minimum Gasteiger partial charge on any atom is -0.481 e. The Kier molecular flexibility index (Phi) is 5.90. The first-order chi connectivity index (χ1) is 9.30. The van der Waals surface area contributed by atoms with Crippen molar-refractivity contribution in [1.82, 2.24) is 9.03 Å². The fraction of sp³-hybridized carbons (Fsp3) is 0.909. The van der Waals surface area contributed by atoms with Gasteiger partial charge in [0, 0.05) is 13.1 Å². The highest BCUT2D eigenvalue weighted by Crippen LogP contribution is 2.20. The predicted molar refractivity (Wildman–Crippen MR) is 71.2 cm³/mol. The maximum absolute atomic E-state index is 12.2. The molecule has 0 bridgehead atoms. The van der Waals surface area contributed by atoms with Gasteiger partial charge in [-0.25, -0.2) is 0 Å². The van der Waals surface area contributed by atoms with Crippen LogP contribution in [-0.2, 0) is 15.0 Å². The molecule has 8 nitrogen and oxygen atoms in total. The number of nitrogens with zero attached hydrogens (tertiary/aromatic N) is 1. The first-order valence-corrected chi connectivity index (χ1v) is 7.98. The van der Waals surface area contributed by atoms with E-state index in [1.807, 2.05) is 0 Å². The predicted octanol–water partition coefficient (Wildman–Crippen LogP) is -1.25. The third-order valence-corrected chi connectivity index (χ3v) is 5.40. The molecule has 1 rings (SSSR count). The number of aliphatic carboxylic acids is 1. The molecule has 20 heavy (non-hydrogen) atoms. The molecule has 0 spiro atoms. The summed E-state index contributed by atoms with van der Waals surface area (Å²) in [6.07, 6.45) is 1.13. The molecular weight excluding hydrogens is 288 g/mol. The number of hydrogen-bond donors (Lipinski definition) is 4. The highest BCUT2D eigenvalue weighted by molar-refractivity contribution is 7.87. The van der Waals surface area contributed by atoms with Crippen LogP contribution < -0.4 is 4.72 Å². The van der Waals surface area contributed by atoms with Crippen molar-refractivity contribution in [3.63, 3.8) is 0 Å². The molecule has 0 radical (unpaired) electrons. The lowest BCUT2D eigenvalue weighted by Crippen LogP contribution is -2.58. The molecule has 0 aromatic heterocycles. The lowest BCUT2D eigenvalue weighted by Gasteiger charge is -2.35. The molecule has 0 amide bonds. The van der Waals surface area contributed by atoms with Crippen LogP contribution in [0.25, 0.3) is 0 Å². The molecule has 1 unspecified atom stereocenters. The lowest BCUT2D eigenvalue weighted by molar-refractivity contribution is -0.142. The van der Waals surface area contributed by atoms with Gasteiger partial charge in [0.1, 0.15) is 0 Å². The van der Waals surface area contributed by atoms with Gasteiger partial charge >= 0.3 is 5.97 Å². The SMILES string of the molecule is CCC(CO)(CO)NS(=O)(=O)N1CCCC(C(=O)O)C1. The molecule has 9 heteroatoms. The second kappa shape index (κ2) is 6.81. The average molecular weight is 310 g/mol. The van der Waals surface area contributed by atoms with Crippen molar-refractivity contribution in [2.75, 3.05) is 26.3 Å². The zero-order valence-electron chi connectivity index (χ0n) is 11.4. The van der Waals surface area contributed by atoms with Gasteiger partial charge in [0.2, 0.25) is 0 Å². The standard InChI is InChI=1S/C11H22N2O6S/c1-2-11(7-14,8-15)12-20(18,19)13-5-3-4-9(6-13)10(16)17/h9,12,14-15H,2-8H2,1H3,(H,16,17). The van der Waals surface area contributed by atoms with Crippen LogP contribution in [0.4, 0.5) is 0 Å². The third-order valence-electron chi connectivity index (χ3n) is 3.70. The van der Waals surface area contributed by atoms with Crippen molar-refractivity contribution in [3.05, 3.63) is 0 Å². The largest absolute Gasteiger partial charge is 0.481 e. The van der Waals surface area contributed by atoms with Gasteiger partial charge in [-0.15, -0.1) is 0 Å². The Morgan fingerprint density at radius 3 is 2.45 bits per heavy atom. The Morgan fingerprint density at radius 1 is 1.40 bits per heavy atom. The minimum absolute atomic E-state index is 0.0959. The summed E-state index contributed by atoms with van der Waals surface area (Å²) in [5.74, 6) is -1.74. The van der Waals surface area contributed by atoms with Crippen molar-refractivity contribution >= 4 is 16.2 Å². The van der Waals surface area contributed by atoms with E-state index in [-0.39, 0.29) is 19.5 Å². The Morgan fingerprint density at radius 2 is 2.00 bits per heavy atom. The summed E-state index contributed by atoms with van der Waals surface area (Å²) in [4.78, 5) is 11.0. The van der Waals surface area contributed by atoms with Gasteiger partial charge in [-0.2, -0.15) is 17.4 Å². The van der Waals surface area contributed by atoms with Crippen molar-refractivity contribution in [1.29, 1.82) is 0 Å². The maximum atomic E-state index is 12.2. The molecule has 1 atom stereocenters. The van der Waals surface area contributed by atoms with Crippen molar-refractivity contribution in [2.24, 2.45) is 5.92 Å². The van der Waals surface area contributed by atoms with Crippen LogP contribution in [0.3, 0.4) is 0 Å². The van der Waals surface area contributed by atoms with E-state index in [4.69, 9.17) is 5.11 Å². The summed E-state index contributed by atoms with van der Waals surface area (Å²) < 4.78 is 27.8. The molecule has 1 fully saturated rings. The Labute approximate surface area is 118 Å². The van der Waals surface area contributed by atoms with E-state index < -0.39 is 40.8 Å². The topological polar surface area (TPSA) is 127 Å². The van der Waals surface area contributed by atoms with E-state index in [9.17, 15) is 23.4 Å². The van der Waals surface area contributed by atoms with Gasteiger partial charge < -0.3 is 15.3 Å². The van der Waals surface area contributed by atoms with E-state index in [0.717, 1.165) is 4.31 Å². The molecule has 1 saturated heterocycles.